The normalized spacial score (nSPS) is 16.2. The zero-order valence-corrected chi connectivity index (χ0v) is 17.5. The van der Waals surface area contributed by atoms with Crippen LogP contribution in [0.2, 0.25) is 5.02 Å². The molecule has 2 heterocycles. The van der Waals surface area contributed by atoms with E-state index in [9.17, 15) is 18.4 Å². The van der Waals surface area contributed by atoms with Crippen molar-refractivity contribution in [3.63, 3.8) is 0 Å². The molecule has 0 aliphatic carbocycles. The van der Waals surface area contributed by atoms with Gasteiger partial charge in [0.1, 0.15) is 4.21 Å². The first-order valence-electron chi connectivity index (χ1n) is 8.55. The van der Waals surface area contributed by atoms with E-state index >= 15 is 0 Å². The maximum atomic E-state index is 13.4. The van der Waals surface area contributed by atoms with Gasteiger partial charge < -0.3 is 4.90 Å². The van der Waals surface area contributed by atoms with Gasteiger partial charge in [-0.05, 0) is 54.5 Å². The average molecular weight is 439 g/mol. The van der Waals surface area contributed by atoms with Gasteiger partial charge in [-0.25, -0.2) is 13.9 Å². The van der Waals surface area contributed by atoms with Crippen LogP contribution in [-0.2, 0) is 14.6 Å². The summed E-state index contributed by atoms with van der Waals surface area (Å²) in [5.74, 6) is 1.87. The molecule has 2 N–H and O–H groups in total. The van der Waals surface area contributed by atoms with Crippen molar-refractivity contribution in [3.05, 3.63) is 40.7 Å². The molecule has 0 bridgehead atoms. The van der Waals surface area contributed by atoms with Crippen LogP contribution in [0.3, 0.4) is 0 Å². The lowest BCUT2D eigenvalue weighted by molar-refractivity contribution is -0.133. The number of piperidine rings is 1. The first-order valence-corrected chi connectivity index (χ1v) is 11.3. The number of nitrogens with zero attached hydrogens (tertiary/aromatic N) is 1. The number of hydrogen-bond acceptors (Lipinski definition) is 6. The highest BCUT2D eigenvalue weighted by molar-refractivity contribution is 7.95. The zero-order chi connectivity index (χ0) is 20.4. The molecule has 0 unspecified atom stereocenters. The van der Waals surface area contributed by atoms with Gasteiger partial charge in [0.2, 0.25) is 9.84 Å². The number of nitrogens with one attached hydrogen (secondary N) is 1. The number of thiophene rings is 1. The Hall–Kier alpha value is -2.05. The minimum absolute atomic E-state index is 0.0462. The molecule has 148 valence electrons. The van der Waals surface area contributed by atoms with Crippen LogP contribution in [0.15, 0.2) is 39.9 Å². The number of sulfone groups is 1. The second-order valence-electron chi connectivity index (χ2n) is 6.45. The number of likely N-dealkylation sites (tertiary alicyclic amines) is 1. The fraction of sp³-hybridized carbons (Fsp3) is 0.316. The Labute approximate surface area is 173 Å². The maximum absolute atomic E-state index is 13.4. The summed E-state index contributed by atoms with van der Waals surface area (Å²) in [6.07, 6.45) is 0.0924. The molecule has 0 saturated carbocycles. The molecule has 0 radical (unpaired) electrons. The third-order valence-electron chi connectivity index (χ3n) is 4.89. The van der Waals surface area contributed by atoms with Gasteiger partial charge >= 0.3 is 0 Å². The second kappa shape index (κ2) is 8.13. The summed E-state index contributed by atoms with van der Waals surface area (Å²) < 4.78 is 25.2. The topological polar surface area (TPSA) is 86.7 Å². The highest BCUT2D eigenvalue weighted by Crippen LogP contribution is 2.39. The number of hydrogen-bond donors (Lipinski definition) is 2. The Kier molecular flexibility index (Phi) is 6.01. The molecule has 6 nitrogen and oxygen atoms in total. The quantitative estimate of drug-likeness (QED) is 0.435. The van der Waals surface area contributed by atoms with E-state index in [1.165, 1.54) is 0 Å². The van der Waals surface area contributed by atoms with Crippen molar-refractivity contribution in [2.75, 3.05) is 13.1 Å². The number of halogens is 1. The van der Waals surface area contributed by atoms with Crippen LogP contribution >= 0.6 is 22.9 Å². The molecule has 1 fully saturated rings. The Bertz CT molecular complexity index is 1030. The molecule has 0 spiro atoms. The van der Waals surface area contributed by atoms with Crippen molar-refractivity contribution in [3.8, 4) is 23.1 Å². The number of carbonyl (C=O) groups excluding carboxylic acids is 1. The van der Waals surface area contributed by atoms with E-state index in [1.807, 2.05) is 0 Å². The number of carbonyl (C=O) groups is 1. The van der Waals surface area contributed by atoms with E-state index in [0.717, 1.165) is 22.5 Å². The van der Waals surface area contributed by atoms with E-state index < -0.39 is 20.5 Å². The monoisotopic (exact) mass is 438 g/mol. The largest absolute Gasteiger partial charge is 0.333 e. The predicted molar refractivity (Wildman–Crippen MR) is 109 cm³/mol. The Morgan fingerprint density at radius 2 is 1.89 bits per heavy atom. The molecular formula is C19H19ClN2O4S2. The van der Waals surface area contributed by atoms with Gasteiger partial charge in [-0.3, -0.25) is 10.0 Å². The molecule has 2 aromatic rings. The summed E-state index contributed by atoms with van der Waals surface area (Å²) in [6, 6.07) is 11.5. The first kappa shape index (κ1) is 20.7. The van der Waals surface area contributed by atoms with E-state index in [4.69, 9.17) is 11.6 Å². The predicted octanol–water partition coefficient (Wildman–Crippen LogP) is 3.16. The third kappa shape index (κ3) is 3.63. The minimum atomic E-state index is -4.02. The fourth-order valence-corrected chi connectivity index (χ4v) is 6.88. The Balaban J connectivity index is 1.97. The number of rotatable bonds is 4. The molecule has 1 aliphatic rings. The average Bonchev–Trinajstić information content (AvgIpc) is 3.20. The molecule has 1 aromatic carbocycles. The number of amides is 1. The Morgan fingerprint density at radius 3 is 2.46 bits per heavy atom. The molecule has 1 saturated heterocycles. The summed E-state index contributed by atoms with van der Waals surface area (Å²) in [4.78, 5) is 14.3. The highest BCUT2D eigenvalue weighted by atomic mass is 35.5. The molecule has 0 atom stereocenters. The molecule has 1 aliphatic heterocycles. The summed E-state index contributed by atoms with van der Waals surface area (Å²) >= 11 is 6.97. The standard InChI is InChI=1S/C19H19ClN2O4S2/c1-2-9-22-10-7-19(8-11-22,18(23)21-24)28(25,26)17-12-15(13-27-17)14-3-5-16(20)6-4-14/h3-6,12-13,24H,7-8,10-11H2,1H3,(H,21,23). The van der Waals surface area contributed by atoms with Crippen molar-refractivity contribution in [2.45, 2.75) is 28.7 Å². The SMILES string of the molecule is CC#CN1CCC(C(=O)NO)(S(=O)(=O)c2cc(-c3ccc(Cl)cc3)cs2)CC1. The summed E-state index contributed by atoms with van der Waals surface area (Å²) in [6.45, 7) is 2.34. The van der Waals surface area contributed by atoms with Gasteiger partial charge in [0, 0.05) is 24.2 Å². The minimum Gasteiger partial charge on any atom is -0.333 e. The lowest BCUT2D eigenvalue weighted by Crippen LogP contribution is -2.57. The Morgan fingerprint density at radius 1 is 1.25 bits per heavy atom. The van der Waals surface area contributed by atoms with Crippen molar-refractivity contribution in [1.82, 2.24) is 10.4 Å². The molecule has 9 heteroatoms. The van der Waals surface area contributed by atoms with Crippen LogP contribution in [0, 0.1) is 12.0 Å². The highest BCUT2D eigenvalue weighted by Gasteiger charge is 2.53. The van der Waals surface area contributed by atoms with Gasteiger partial charge in [0.15, 0.2) is 4.75 Å². The van der Waals surface area contributed by atoms with E-state index in [1.54, 1.807) is 53.0 Å². The fourth-order valence-electron chi connectivity index (χ4n) is 3.30. The van der Waals surface area contributed by atoms with Gasteiger partial charge in [0.25, 0.3) is 5.91 Å². The lowest BCUT2D eigenvalue weighted by atomic mass is 9.95. The third-order valence-corrected chi connectivity index (χ3v) is 9.08. The number of hydroxylamine groups is 1. The molecular weight excluding hydrogens is 420 g/mol. The van der Waals surface area contributed by atoms with Crippen LogP contribution in [0.5, 0.6) is 0 Å². The smallest absolute Gasteiger partial charge is 0.265 e. The van der Waals surface area contributed by atoms with Gasteiger partial charge in [-0.15, -0.1) is 11.3 Å². The van der Waals surface area contributed by atoms with Crippen LogP contribution in [0.4, 0.5) is 0 Å². The summed E-state index contributed by atoms with van der Waals surface area (Å²) in [5.41, 5.74) is 3.12. The summed E-state index contributed by atoms with van der Waals surface area (Å²) in [7, 11) is -4.02. The van der Waals surface area contributed by atoms with Crippen LogP contribution in [0.1, 0.15) is 19.8 Å². The van der Waals surface area contributed by atoms with Gasteiger partial charge in [0.05, 0.1) is 0 Å². The van der Waals surface area contributed by atoms with E-state index in [2.05, 4.69) is 12.0 Å². The first-order chi connectivity index (χ1) is 13.3. The van der Waals surface area contributed by atoms with Crippen molar-refractivity contribution in [1.29, 1.82) is 0 Å². The van der Waals surface area contributed by atoms with Crippen molar-refractivity contribution in [2.24, 2.45) is 0 Å². The van der Waals surface area contributed by atoms with Gasteiger partial charge in [-0.1, -0.05) is 29.7 Å². The number of benzene rings is 1. The van der Waals surface area contributed by atoms with E-state index in [0.29, 0.717) is 18.1 Å². The van der Waals surface area contributed by atoms with Crippen LogP contribution in [-0.4, -0.2) is 42.3 Å². The van der Waals surface area contributed by atoms with Gasteiger partial charge in [-0.2, -0.15) is 0 Å². The molecule has 1 aromatic heterocycles. The van der Waals surface area contributed by atoms with E-state index in [-0.39, 0.29) is 17.1 Å². The summed E-state index contributed by atoms with van der Waals surface area (Å²) in [5, 5.41) is 11.6. The molecule has 1 amide bonds. The maximum Gasteiger partial charge on any atom is 0.265 e. The molecule has 28 heavy (non-hydrogen) atoms. The van der Waals surface area contributed by atoms with Crippen LogP contribution < -0.4 is 5.48 Å². The molecule has 3 rings (SSSR count). The second-order valence-corrected chi connectivity index (χ2v) is 10.3. The van der Waals surface area contributed by atoms with Crippen molar-refractivity contribution >= 4 is 38.7 Å². The van der Waals surface area contributed by atoms with Crippen molar-refractivity contribution < 1.29 is 18.4 Å². The zero-order valence-electron chi connectivity index (χ0n) is 15.1. The van der Waals surface area contributed by atoms with Crippen LogP contribution in [0.25, 0.3) is 11.1 Å². The lowest BCUT2D eigenvalue weighted by Gasteiger charge is -2.37.